The van der Waals surface area contributed by atoms with Crippen molar-refractivity contribution in [2.45, 2.75) is 70.1 Å². The predicted octanol–water partition coefficient (Wildman–Crippen LogP) is 1.82. The van der Waals surface area contributed by atoms with Crippen molar-refractivity contribution in [2.75, 3.05) is 26.8 Å². The van der Waals surface area contributed by atoms with Gasteiger partial charge in [0, 0.05) is 38.8 Å². The van der Waals surface area contributed by atoms with E-state index in [0.717, 1.165) is 31.8 Å². The van der Waals surface area contributed by atoms with Gasteiger partial charge in [-0.05, 0) is 25.7 Å². The average molecular weight is 346 g/mol. The summed E-state index contributed by atoms with van der Waals surface area (Å²) in [6, 6.07) is 0.435. The Morgan fingerprint density at radius 1 is 1.28 bits per heavy atom. The number of fused-ring (bicyclic) bond motifs is 1. The second kappa shape index (κ2) is 7.46. The summed E-state index contributed by atoms with van der Waals surface area (Å²) in [6.45, 7) is 3.81. The molecule has 1 atom stereocenters. The summed E-state index contributed by atoms with van der Waals surface area (Å²) in [5, 5.41) is 0. The largest absolute Gasteiger partial charge is 0.378 e. The smallest absolute Gasteiger partial charge is 0.242 e. The zero-order chi connectivity index (χ0) is 17.2. The summed E-state index contributed by atoms with van der Waals surface area (Å²) >= 11 is 0. The predicted molar refractivity (Wildman–Crippen MR) is 95.2 cm³/mol. The van der Waals surface area contributed by atoms with Crippen molar-refractivity contribution in [1.29, 1.82) is 0 Å². The monoisotopic (exact) mass is 346 g/mol. The number of hydrogen-bond donors (Lipinski definition) is 0. The van der Waals surface area contributed by atoms with Crippen molar-refractivity contribution < 1.29 is 9.53 Å². The third-order valence-corrected chi connectivity index (χ3v) is 5.98. The molecule has 0 bridgehead atoms. The van der Waals surface area contributed by atoms with Gasteiger partial charge in [-0.15, -0.1) is 0 Å². The van der Waals surface area contributed by atoms with Gasteiger partial charge in [0.1, 0.15) is 11.9 Å². The number of rotatable bonds is 4. The fraction of sp³-hybridized carbons (Fsp3) is 0.789. The lowest BCUT2D eigenvalue weighted by Crippen LogP contribution is -2.56. The molecule has 3 heterocycles. The van der Waals surface area contributed by atoms with Crippen molar-refractivity contribution in [3.8, 4) is 0 Å². The Kier molecular flexibility index (Phi) is 5.08. The number of aromatic nitrogens is 2. The first-order chi connectivity index (χ1) is 12.2. The molecule has 0 unspecified atom stereocenters. The van der Waals surface area contributed by atoms with E-state index in [-0.39, 0.29) is 11.9 Å². The van der Waals surface area contributed by atoms with Crippen LogP contribution in [0.15, 0.2) is 6.20 Å². The zero-order valence-corrected chi connectivity index (χ0v) is 15.3. The van der Waals surface area contributed by atoms with Crippen LogP contribution in [0.1, 0.15) is 50.0 Å². The molecule has 1 amide bonds. The molecule has 0 spiro atoms. The van der Waals surface area contributed by atoms with Crippen LogP contribution >= 0.6 is 0 Å². The quantitative estimate of drug-likeness (QED) is 0.834. The molecule has 0 radical (unpaired) electrons. The summed E-state index contributed by atoms with van der Waals surface area (Å²) in [5.74, 6) is 1.35. The molecule has 4 rings (SSSR count). The molecule has 2 fully saturated rings. The number of nitrogens with zero attached hydrogens (tertiary/aromatic N) is 4. The number of likely N-dealkylation sites (N-methyl/N-ethyl adjacent to an activating group) is 1. The molecule has 6 nitrogen and oxygen atoms in total. The molecule has 0 aromatic carbocycles. The molecule has 138 valence electrons. The Morgan fingerprint density at radius 3 is 2.92 bits per heavy atom. The first kappa shape index (κ1) is 17.0. The zero-order valence-electron chi connectivity index (χ0n) is 15.3. The summed E-state index contributed by atoms with van der Waals surface area (Å²) < 4.78 is 7.91. The standard InChI is InChI=1S/C19H30N4O2/c1-21(12-15-13-22-9-5-4-8-18(22)20-15)19(24)17-14-25-11-10-23(17)16-6-2-3-7-16/h13,16-17H,2-12,14H2,1H3/t17-/m0/s1. The molecular weight excluding hydrogens is 316 g/mol. The van der Waals surface area contributed by atoms with Crippen LogP contribution in [0.25, 0.3) is 0 Å². The Morgan fingerprint density at radius 2 is 2.12 bits per heavy atom. The second-order valence-electron chi connectivity index (χ2n) is 7.76. The molecule has 1 saturated heterocycles. The van der Waals surface area contributed by atoms with Crippen LogP contribution in [0, 0.1) is 0 Å². The van der Waals surface area contributed by atoms with Crippen molar-refractivity contribution in [3.63, 3.8) is 0 Å². The van der Waals surface area contributed by atoms with E-state index in [2.05, 4.69) is 15.7 Å². The highest BCUT2D eigenvalue weighted by molar-refractivity contribution is 5.82. The van der Waals surface area contributed by atoms with Crippen LogP contribution in [0.3, 0.4) is 0 Å². The Labute approximate surface area is 150 Å². The topological polar surface area (TPSA) is 50.6 Å². The third kappa shape index (κ3) is 3.60. The fourth-order valence-corrected chi connectivity index (χ4v) is 4.63. The van der Waals surface area contributed by atoms with Gasteiger partial charge in [-0.25, -0.2) is 4.98 Å². The number of amides is 1. The van der Waals surface area contributed by atoms with Crippen LogP contribution in [0.2, 0.25) is 0 Å². The van der Waals surface area contributed by atoms with Crippen LogP contribution in [-0.2, 0) is 29.0 Å². The van der Waals surface area contributed by atoms with Gasteiger partial charge in [-0.1, -0.05) is 12.8 Å². The average Bonchev–Trinajstić information content (AvgIpc) is 3.30. The molecule has 0 N–H and O–H groups in total. The number of carbonyl (C=O) groups is 1. The Bertz CT molecular complexity index is 585. The number of morpholine rings is 1. The van der Waals surface area contributed by atoms with E-state index in [0.29, 0.717) is 19.2 Å². The van der Waals surface area contributed by atoms with Crippen LogP contribution in [0.5, 0.6) is 0 Å². The third-order valence-electron chi connectivity index (χ3n) is 5.98. The van der Waals surface area contributed by atoms with Gasteiger partial charge in [0.2, 0.25) is 5.91 Å². The van der Waals surface area contributed by atoms with E-state index >= 15 is 0 Å². The van der Waals surface area contributed by atoms with Gasteiger partial charge in [-0.2, -0.15) is 0 Å². The van der Waals surface area contributed by atoms with Gasteiger partial charge in [0.25, 0.3) is 0 Å². The van der Waals surface area contributed by atoms with Gasteiger partial charge in [0.15, 0.2) is 0 Å². The van der Waals surface area contributed by atoms with Gasteiger partial charge < -0.3 is 14.2 Å². The number of hydrogen-bond acceptors (Lipinski definition) is 4. The molecule has 1 saturated carbocycles. The van der Waals surface area contributed by atoms with Crippen molar-refractivity contribution >= 4 is 5.91 Å². The van der Waals surface area contributed by atoms with Crippen LogP contribution in [-0.4, -0.2) is 64.1 Å². The molecule has 1 aromatic rings. The van der Waals surface area contributed by atoms with Crippen molar-refractivity contribution in [1.82, 2.24) is 19.4 Å². The van der Waals surface area contributed by atoms with E-state index < -0.39 is 0 Å². The summed E-state index contributed by atoms with van der Waals surface area (Å²) in [6.07, 6.45) is 10.7. The minimum atomic E-state index is -0.126. The summed E-state index contributed by atoms with van der Waals surface area (Å²) in [7, 11) is 1.90. The lowest BCUT2D eigenvalue weighted by Gasteiger charge is -2.40. The highest BCUT2D eigenvalue weighted by atomic mass is 16.5. The number of ether oxygens (including phenoxy) is 1. The molecule has 3 aliphatic rings. The summed E-state index contributed by atoms with van der Waals surface area (Å²) in [5.41, 5.74) is 1.01. The minimum absolute atomic E-state index is 0.126. The highest BCUT2D eigenvalue weighted by Crippen LogP contribution is 2.27. The Balaban J connectivity index is 1.42. The molecule has 2 aliphatic heterocycles. The maximum absolute atomic E-state index is 13.1. The van der Waals surface area contributed by atoms with E-state index in [4.69, 9.17) is 9.72 Å². The molecule has 25 heavy (non-hydrogen) atoms. The van der Waals surface area contributed by atoms with E-state index in [9.17, 15) is 4.79 Å². The van der Waals surface area contributed by atoms with Gasteiger partial charge in [0.05, 0.1) is 25.5 Å². The lowest BCUT2D eigenvalue weighted by atomic mass is 10.1. The van der Waals surface area contributed by atoms with E-state index in [1.165, 1.54) is 44.3 Å². The SMILES string of the molecule is CN(Cc1cn2c(n1)CCCC2)C(=O)[C@@H]1COCCN1C1CCCC1. The number of aryl methyl sites for hydroxylation is 2. The van der Waals surface area contributed by atoms with Crippen LogP contribution < -0.4 is 0 Å². The van der Waals surface area contributed by atoms with Crippen molar-refractivity contribution in [2.24, 2.45) is 0 Å². The van der Waals surface area contributed by atoms with E-state index in [1.807, 2.05) is 11.9 Å². The molecule has 1 aromatic heterocycles. The number of carbonyl (C=O) groups excluding carboxylic acids is 1. The first-order valence-electron chi connectivity index (χ1n) is 9.86. The summed E-state index contributed by atoms with van der Waals surface area (Å²) in [4.78, 5) is 22.1. The maximum Gasteiger partial charge on any atom is 0.242 e. The normalized spacial score (nSPS) is 25.1. The van der Waals surface area contributed by atoms with E-state index in [1.54, 1.807) is 0 Å². The molecule has 6 heteroatoms. The first-order valence-corrected chi connectivity index (χ1v) is 9.86. The highest BCUT2D eigenvalue weighted by Gasteiger charge is 2.36. The van der Waals surface area contributed by atoms with Crippen LogP contribution in [0.4, 0.5) is 0 Å². The second-order valence-corrected chi connectivity index (χ2v) is 7.76. The minimum Gasteiger partial charge on any atom is -0.378 e. The van der Waals surface area contributed by atoms with Gasteiger partial charge in [-0.3, -0.25) is 9.69 Å². The number of imidazole rings is 1. The lowest BCUT2D eigenvalue weighted by molar-refractivity contribution is -0.144. The van der Waals surface area contributed by atoms with Crippen molar-refractivity contribution in [3.05, 3.63) is 17.7 Å². The van der Waals surface area contributed by atoms with Gasteiger partial charge >= 0.3 is 0 Å². The molecular formula is C19H30N4O2. The maximum atomic E-state index is 13.1. The fourth-order valence-electron chi connectivity index (χ4n) is 4.63. The molecule has 1 aliphatic carbocycles. The Hall–Kier alpha value is -1.40.